The van der Waals surface area contributed by atoms with E-state index in [9.17, 15) is 4.79 Å². The largest absolute Gasteiger partial charge is 0.380 e. The topological polar surface area (TPSA) is 41.6 Å². The maximum Gasteiger partial charge on any atom is 0.222 e. The highest BCUT2D eigenvalue weighted by Crippen LogP contribution is 2.16. The first-order valence-corrected chi connectivity index (χ1v) is 6.26. The van der Waals surface area contributed by atoms with Crippen molar-refractivity contribution >= 4 is 5.91 Å². The van der Waals surface area contributed by atoms with E-state index in [1.807, 2.05) is 14.0 Å². The van der Waals surface area contributed by atoms with Gasteiger partial charge in [-0.1, -0.05) is 0 Å². The molecule has 0 aromatic rings. The van der Waals surface area contributed by atoms with Crippen LogP contribution in [0.1, 0.15) is 26.2 Å². The fourth-order valence-corrected chi connectivity index (χ4v) is 1.96. The van der Waals surface area contributed by atoms with Crippen LogP contribution in [-0.2, 0) is 9.53 Å². The summed E-state index contributed by atoms with van der Waals surface area (Å²) in [5.41, 5.74) is 0. The van der Waals surface area contributed by atoms with E-state index in [0.29, 0.717) is 25.5 Å². The minimum Gasteiger partial charge on any atom is -0.380 e. The van der Waals surface area contributed by atoms with Gasteiger partial charge in [0.1, 0.15) is 0 Å². The number of piperidine rings is 1. The monoisotopic (exact) mass is 228 g/mol. The van der Waals surface area contributed by atoms with Gasteiger partial charge in [-0.05, 0) is 38.8 Å². The van der Waals surface area contributed by atoms with Crippen molar-refractivity contribution in [2.45, 2.75) is 26.2 Å². The normalized spacial score (nSPS) is 17.4. The second-order valence-electron chi connectivity index (χ2n) is 4.41. The first-order chi connectivity index (χ1) is 7.74. The smallest absolute Gasteiger partial charge is 0.222 e. The lowest BCUT2D eigenvalue weighted by molar-refractivity contribution is -0.131. The van der Waals surface area contributed by atoms with Crippen molar-refractivity contribution in [1.82, 2.24) is 10.2 Å². The van der Waals surface area contributed by atoms with Gasteiger partial charge in [0.15, 0.2) is 0 Å². The number of nitrogens with one attached hydrogen (secondary N) is 1. The first kappa shape index (κ1) is 13.5. The molecule has 0 bridgehead atoms. The minimum absolute atomic E-state index is 0.256. The summed E-state index contributed by atoms with van der Waals surface area (Å²) in [5.74, 6) is 0.829. The Morgan fingerprint density at radius 2 is 2.12 bits per heavy atom. The van der Waals surface area contributed by atoms with E-state index in [1.54, 1.807) is 4.90 Å². The quantitative estimate of drug-likeness (QED) is 0.686. The Morgan fingerprint density at radius 3 is 2.75 bits per heavy atom. The molecule has 16 heavy (non-hydrogen) atoms. The van der Waals surface area contributed by atoms with Crippen molar-refractivity contribution in [1.29, 1.82) is 0 Å². The maximum atomic E-state index is 11.9. The average molecular weight is 228 g/mol. The van der Waals surface area contributed by atoms with Crippen molar-refractivity contribution in [3.05, 3.63) is 0 Å². The number of hydrogen-bond donors (Lipinski definition) is 1. The maximum absolute atomic E-state index is 11.9. The van der Waals surface area contributed by atoms with Gasteiger partial charge in [0.05, 0.1) is 6.61 Å². The standard InChI is InChI=1S/C12H24N2O2/c1-3-16-9-8-14(2)12(15)10-11-4-6-13-7-5-11/h11,13H,3-10H2,1-2H3. The number of ether oxygens (including phenoxy) is 1. The van der Waals surface area contributed by atoms with E-state index in [0.717, 1.165) is 32.5 Å². The third kappa shape index (κ3) is 4.94. The van der Waals surface area contributed by atoms with Crippen LogP contribution in [0.25, 0.3) is 0 Å². The molecule has 94 valence electrons. The van der Waals surface area contributed by atoms with Crippen LogP contribution in [0.15, 0.2) is 0 Å². The summed E-state index contributed by atoms with van der Waals surface area (Å²) in [5, 5.41) is 3.31. The Kier molecular flexibility index (Phi) is 6.42. The molecule has 1 saturated heterocycles. The van der Waals surface area contributed by atoms with Crippen LogP contribution >= 0.6 is 0 Å². The summed E-state index contributed by atoms with van der Waals surface area (Å²) in [6.07, 6.45) is 2.96. The number of hydrogen-bond acceptors (Lipinski definition) is 3. The lowest BCUT2D eigenvalue weighted by Gasteiger charge is -2.24. The zero-order valence-electron chi connectivity index (χ0n) is 10.5. The number of rotatable bonds is 6. The summed E-state index contributed by atoms with van der Waals surface area (Å²) in [6, 6.07) is 0. The molecule has 4 heteroatoms. The van der Waals surface area contributed by atoms with Crippen molar-refractivity contribution in [3.63, 3.8) is 0 Å². The molecule has 1 rings (SSSR count). The van der Waals surface area contributed by atoms with Crippen LogP contribution in [0.5, 0.6) is 0 Å². The summed E-state index contributed by atoms with van der Waals surface area (Å²) >= 11 is 0. The summed E-state index contributed by atoms with van der Waals surface area (Å²) in [4.78, 5) is 13.6. The van der Waals surface area contributed by atoms with Crippen LogP contribution in [-0.4, -0.2) is 50.7 Å². The number of carbonyl (C=O) groups excluding carboxylic acids is 1. The average Bonchev–Trinajstić information content (AvgIpc) is 2.30. The van der Waals surface area contributed by atoms with Gasteiger partial charge in [0.2, 0.25) is 5.91 Å². The van der Waals surface area contributed by atoms with Gasteiger partial charge in [-0.2, -0.15) is 0 Å². The zero-order valence-corrected chi connectivity index (χ0v) is 10.5. The van der Waals surface area contributed by atoms with E-state index in [1.165, 1.54) is 0 Å². The predicted molar refractivity (Wildman–Crippen MR) is 64.3 cm³/mol. The summed E-state index contributed by atoms with van der Waals surface area (Å²) in [7, 11) is 1.86. The highest BCUT2D eigenvalue weighted by atomic mass is 16.5. The van der Waals surface area contributed by atoms with Crippen molar-refractivity contribution in [3.8, 4) is 0 Å². The number of likely N-dealkylation sites (N-methyl/N-ethyl adjacent to an activating group) is 1. The highest BCUT2D eigenvalue weighted by Gasteiger charge is 2.18. The van der Waals surface area contributed by atoms with Crippen LogP contribution in [0.4, 0.5) is 0 Å². The van der Waals surface area contributed by atoms with E-state index in [2.05, 4.69) is 5.32 Å². The van der Waals surface area contributed by atoms with Gasteiger partial charge in [-0.3, -0.25) is 4.79 Å². The van der Waals surface area contributed by atoms with E-state index in [-0.39, 0.29) is 5.91 Å². The highest BCUT2D eigenvalue weighted by molar-refractivity contribution is 5.76. The van der Waals surface area contributed by atoms with Crippen LogP contribution < -0.4 is 5.32 Å². The predicted octanol–water partition coefficient (Wildman–Crippen LogP) is 0.871. The van der Waals surface area contributed by atoms with Gasteiger partial charge in [0.25, 0.3) is 0 Å². The third-order valence-electron chi connectivity index (χ3n) is 3.12. The molecule has 1 N–H and O–H groups in total. The third-order valence-corrected chi connectivity index (χ3v) is 3.12. The van der Waals surface area contributed by atoms with E-state index < -0.39 is 0 Å². The summed E-state index contributed by atoms with van der Waals surface area (Å²) in [6.45, 7) is 6.15. The molecule has 0 radical (unpaired) electrons. The Morgan fingerprint density at radius 1 is 1.44 bits per heavy atom. The lowest BCUT2D eigenvalue weighted by Crippen LogP contribution is -2.34. The van der Waals surface area contributed by atoms with Gasteiger partial charge >= 0.3 is 0 Å². The number of carbonyl (C=O) groups is 1. The molecule has 1 heterocycles. The molecule has 4 nitrogen and oxygen atoms in total. The molecule has 0 aromatic carbocycles. The van der Waals surface area contributed by atoms with Crippen LogP contribution in [0.3, 0.4) is 0 Å². The molecule has 0 aliphatic carbocycles. The number of amides is 1. The SMILES string of the molecule is CCOCCN(C)C(=O)CC1CCNCC1. The number of nitrogens with zero attached hydrogens (tertiary/aromatic N) is 1. The molecule has 0 aromatic heterocycles. The van der Waals surface area contributed by atoms with Gasteiger partial charge < -0.3 is 15.0 Å². The lowest BCUT2D eigenvalue weighted by atomic mass is 9.94. The molecule has 1 fully saturated rings. The molecule has 0 atom stereocenters. The van der Waals surface area contributed by atoms with E-state index in [4.69, 9.17) is 4.74 Å². The van der Waals surface area contributed by atoms with E-state index >= 15 is 0 Å². The van der Waals surface area contributed by atoms with Crippen molar-refractivity contribution in [2.75, 3.05) is 39.9 Å². The molecule has 1 aliphatic rings. The summed E-state index contributed by atoms with van der Waals surface area (Å²) < 4.78 is 5.24. The fourth-order valence-electron chi connectivity index (χ4n) is 1.96. The Balaban J connectivity index is 2.16. The molecule has 0 saturated carbocycles. The minimum atomic E-state index is 0.256. The first-order valence-electron chi connectivity index (χ1n) is 6.26. The van der Waals surface area contributed by atoms with Crippen molar-refractivity contribution in [2.24, 2.45) is 5.92 Å². The Labute approximate surface area is 98.3 Å². The fraction of sp³-hybridized carbons (Fsp3) is 0.917. The molecular weight excluding hydrogens is 204 g/mol. The van der Waals surface area contributed by atoms with Crippen molar-refractivity contribution < 1.29 is 9.53 Å². The molecular formula is C12H24N2O2. The molecule has 0 spiro atoms. The molecule has 1 amide bonds. The Bertz CT molecular complexity index is 203. The second-order valence-corrected chi connectivity index (χ2v) is 4.41. The van der Waals surface area contributed by atoms with Gasteiger partial charge in [-0.15, -0.1) is 0 Å². The van der Waals surface area contributed by atoms with Crippen LogP contribution in [0, 0.1) is 5.92 Å². The molecule has 0 unspecified atom stereocenters. The molecule has 1 aliphatic heterocycles. The Hall–Kier alpha value is -0.610. The zero-order chi connectivity index (χ0) is 11.8. The van der Waals surface area contributed by atoms with Gasteiger partial charge in [-0.25, -0.2) is 0 Å². The van der Waals surface area contributed by atoms with Gasteiger partial charge in [0, 0.05) is 26.6 Å². The second kappa shape index (κ2) is 7.63. The van der Waals surface area contributed by atoms with Crippen LogP contribution in [0.2, 0.25) is 0 Å².